The average Bonchev–Trinajstić information content (AvgIpc) is 2.60. The van der Waals surface area contributed by atoms with Crippen LogP contribution in [-0.2, 0) is 9.31 Å². The normalized spacial score (nSPS) is 26.7. The van der Waals surface area contributed by atoms with Gasteiger partial charge in [0.25, 0.3) is 0 Å². The number of aromatic amines is 1. The minimum atomic E-state index is -0.274. The predicted molar refractivity (Wildman–Crippen MR) is 49.7 cm³/mol. The molecule has 1 aromatic rings. The van der Waals surface area contributed by atoms with Crippen LogP contribution in [0.15, 0.2) is 12.4 Å². The lowest BCUT2D eigenvalue weighted by molar-refractivity contribution is 0.0842. The third-order valence-electron chi connectivity index (χ3n) is 2.51. The Bertz CT molecular complexity index is 286. The number of nitrogens with zero attached hydrogens (tertiary/aromatic N) is 1. The van der Waals surface area contributed by atoms with Crippen molar-refractivity contribution in [1.29, 1.82) is 0 Å². The molecule has 0 bridgehead atoms. The van der Waals surface area contributed by atoms with E-state index in [0.717, 1.165) is 5.46 Å². The van der Waals surface area contributed by atoms with Crippen LogP contribution in [0.1, 0.15) is 20.8 Å². The van der Waals surface area contributed by atoms with Crippen molar-refractivity contribution in [2.75, 3.05) is 0 Å². The topological polar surface area (TPSA) is 47.1 Å². The summed E-state index contributed by atoms with van der Waals surface area (Å²) in [6.07, 6.45) is 3.62. The second-order valence-corrected chi connectivity index (χ2v) is 3.86. The molecule has 0 saturated carbocycles. The van der Waals surface area contributed by atoms with Gasteiger partial charge in [-0.1, -0.05) is 0 Å². The van der Waals surface area contributed by atoms with E-state index < -0.39 is 0 Å². The highest BCUT2D eigenvalue weighted by atomic mass is 16.7. The highest BCUT2D eigenvalue weighted by Crippen LogP contribution is 2.26. The molecule has 2 rings (SSSR count). The lowest BCUT2D eigenvalue weighted by Gasteiger charge is -2.21. The second kappa shape index (κ2) is 2.85. The first kappa shape index (κ1) is 8.78. The number of H-pyrrole nitrogens is 1. The number of aromatic nitrogens is 2. The molecule has 0 amide bonds. The van der Waals surface area contributed by atoms with Crippen molar-refractivity contribution < 1.29 is 9.31 Å². The van der Waals surface area contributed by atoms with Crippen LogP contribution in [0, 0.1) is 0 Å². The van der Waals surface area contributed by atoms with E-state index in [-0.39, 0.29) is 18.8 Å². The van der Waals surface area contributed by atoms with Crippen molar-refractivity contribution in [2.24, 2.45) is 0 Å². The van der Waals surface area contributed by atoms with Crippen molar-refractivity contribution in [2.45, 2.75) is 32.5 Å². The first-order valence-electron chi connectivity index (χ1n) is 4.41. The van der Waals surface area contributed by atoms with Crippen LogP contribution in [-0.4, -0.2) is 29.0 Å². The molecule has 0 aliphatic carbocycles. The van der Waals surface area contributed by atoms with Crippen molar-refractivity contribution in [1.82, 2.24) is 10.2 Å². The lowest BCUT2D eigenvalue weighted by Crippen LogP contribution is -2.34. The monoisotopic (exact) mass is 180 g/mol. The summed E-state index contributed by atoms with van der Waals surface area (Å²) in [5.41, 5.74) is 0.722. The number of hydrogen-bond donors (Lipinski definition) is 1. The van der Waals surface area contributed by atoms with E-state index >= 15 is 0 Å². The maximum Gasteiger partial charge on any atom is 0.497 e. The molecule has 1 aliphatic heterocycles. The smallest absolute Gasteiger partial charge is 0.402 e. The number of nitrogens with one attached hydrogen (secondary N) is 1. The fourth-order valence-corrected chi connectivity index (χ4v) is 1.29. The molecule has 5 heteroatoms. The molecule has 1 saturated heterocycles. The van der Waals surface area contributed by atoms with Gasteiger partial charge >= 0.3 is 7.12 Å². The summed E-state index contributed by atoms with van der Waals surface area (Å²) in [5, 5.41) is 6.59. The van der Waals surface area contributed by atoms with Crippen molar-refractivity contribution in [3.05, 3.63) is 12.4 Å². The van der Waals surface area contributed by atoms with E-state index in [2.05, 4.69) is 10.2 Å². The van der Waals surface area contributed by atoms with E-state index in [4.69, 9.17) is 9.31 Å². The van der Waals surface area contributed by atoms with Crippen LogP contribution in [0.3, 0.4) is 0 Å². The predicted octanol–water partition coefficient (Wildman–Crippen LogP) is 0.319. The van der Waals surface area contributed by atoms with E-state index in [0.29, 0.717) is 0 Å². The summed E-state index contributed by atoms with van der Waals surface area (Å²) in [6, 6.07) is 0. The molecule has 0 spiro atoms. The highest BCUT2D eigenvalue weighted by molar-refractivity contribution is 6.61. The highest BCUT2D eigenvalue weighted by Gasteiger charge is 2.44. The zero-order valence-corrected chi connectivity index (χ0v) is 8.07. The van der Waals surface area contributed by atoms with Gasteiger partial charge in [0.05, 0.1) is 11.7 Å². The summed E-state index contributed by atoms with van der Waals surface area (Å²) in [6.45, 7) is 6.07. The van der Waals surface area contributed by atoms with Crippen LogP contribution in [0.25, 0.3) is 0 Å². The third kappa shape index (κ3) is 1.49. The molecule has 1 atom stereocenters. The van der Waals surface area contributed by atoms with Crippen molar-refractivity contribution in [3.63, 3.8) is 0 Å². The maximum absolute atomic E-state index is 5.72. The molecule has 1 unspecified atom stereocenters. The van der Waals surface area contributed by atoms with Gasteiger partial charge in [0.1, 0.15) is 0 Å². The maximum atomic E-state index is 5.72. The summed E-state index contributed by atoms with van der Waals surface area (Å²) < 4.78 is 11.4. The Labute approximate surface area is 77.8 Å². The molecule has 1 fully saturated rings. The van der Waals surface area contributed by atoms with Gasteiger partial charge in [-0.05, 0) is 20.8 Å². The van der Waals surface area contributed by atoms with Crippen molar-refractivity contribution >= 4 is 12.6 Å². The van der Waals surface area contributed by atoms with E-state index in [1.54, 1.807) is 12.4 Å². The van der Waals surface area contributed by atoms with Gasteiger partial charge in [0, 0.05) is 17.9 Å². The van der Waals surface area contributed by atoms with Crippen molar-refractivity contribution in [3.8, 4) is 0 Å². The lowest BCUT2D eigenvalue weighted by atomic mass is 9.82. The molecular weight excluding hydrogens is 167 g/mol. The average molecular weight is 180 g/mol. The van der Waals surface area contributed by atoms with Gasteiger partial charge in [-0.3, -0.25) is 5.10 Å². The molecule has 70 valence electrons. The molecule has 1 aliphatic rings. The first-order chi connectivity index (χ1) is 6.09. The minimum absolute atomic E-state index is 0.104. The van der Waals surface area contributed by atoms with Gasteiger partial charge in [0.15, 0.2) is 0 Å². The molecule has 4 nitrogen and oxygen atoms in total. The number of rotatable bonds is 1. The van der Waals surface area contributed by atoms with E-state index in [9.17, 15) is 0 Å². The quantitative estimate of drug-likeness (QED) is 0.633. The van der Waals surface area contributed by atoms with Crippen LogP contribution < -0.4 is 5.46 Å². The Morgan fingerprint density at radius 2 is 2.38 bits per heavy atom. The van der Waals surface area contributed by atoms with E-state index in [1.807, 2.05) is 20.8 Å². The number of hydrogen-bond acceptors (Lipinski definition) is 3. The standard InChI is InChI=1S/C8H13BN2O2/c1-6-8(2,3)13-9(12-6)7-4-10-11-5-7/h4-6H,1-3H3,(H,10,11). The molecule has 1 N–H and O–H groups in total. The molecule has 13 heavy (non-hydrogen) atoms. The van der Waals surface area contributed by atoms with Gasteiger partial charge in [-0.15, -0.1) is 0 Å². The first-order valence-corrected chi connectivity index (χ1v) is 4.41. The summed E-state index contributed by atoms with van der Waals surface area (Å²) in [4.78, 5) is 0. The molecule has 1 aromatic heterocycles. The Kier molecular flexibility index (Phi) is 1.93. The van der Waals surface area contributed by atoms with Gasteiger partial charge in [-0.2, -0.15) is 5.10 Å². The van der Waals surface area contributed by atoms with Crippen LogP contribution in [0.4, 0.5) is 0 Å². The zero-order chi connectivity index (χ0) is 9.47. The van der Waals surface area contributed by atoms with Gasteiger partial charge in [-0.25, -0.2) is 0 Å². The van der Waals surface area contributed by atoms with Gasteiger partial charge in [0.2, 0.25) is 0 Å². The fourth-order valence-electron chi connectivity index (χ4n) is 1.29. The summed E-state index contributed by atoms with van der Waals surface area (Å²) in [5.74, 6) is 0. The minimum Gasteiger partial charge on any atom is -0.402 e. The summed E-state index contributed by atoms with van der Waals surface area (Å²) >= 11 is 0. The second-order valence-electron chi connectivity index (χ2n) is 3.86. The van der Waals surface area contributed by atoms with Gasteiger partial charge < -0.3 is 9.31 Å². The van der Waals surface area contributed by atoms with Crippen LogP contribution in [0.5, 0.6) is 0 Å². The summed E-state index contributed by atoms with van der Waals surface area (Å²) in [7, 11) is -0.274. The van der Waals surface area contributed by atoms with Crippen LogP contribution >= 0.6 is 0 Å². The third-order valence-corrected chi connectivity index (χ3v) is 2.51. The molecular formula is C8H13BN2O2. The molecule has 0 radical (unpaired) electrons. The Hall–Kier alpha value is -0.805. The van der Waals surface area contributed by atoms with E-state index in [1.165, 1.54) is 0 Å². The molecule has 0 aromatic carbocycles. The largest absolute Gasteiger partial charge is 0.497 e. The zero-order valence-electron chi connectivity index (χ0n) is 8.07. The van der Waals surface area contributed by atoms with Crippen LogP contribution in [0.2, 0.25) is 0 Å². The fraction of sp³-hybridized carbons (Fsp3) is 0.625. The molecule has 2 heterocycles. The SMILES string of the molecule is CC1OB(c2cn[nH]c2)OC1(C)C. The Morgan fingerprint density at radius 3 is 2.85 bits per heavy atom. The Morgan fingerprint density at radius 1 is 1.62 bits per heavy atom. The Balaban J connectivity index is 2.15.